The highest BCUT2D eigenvalue weighted by Gasteiger charge is 2.21. The molecule has 0 saturated carbocycles. The van der Waals surface area contributed by atoms with Gasteiger partial charge in [-0.15, -0.1) is 0 Å². The van der Waals surface area contributed by atoms with Crippen LogP contribution in [0.1, 0.15) is 22.6 Å². The number of nitrogens with zero attached hydrogens (tertiary/aromatic N) is 2. The van der Waals surface area contributed by atoms with Gasteiger partial charge in [0, 0.05) is 17.8 Å². The summed E-state index contributed by atoms with van der Waals surface area (Å²) in [6.45, 7) is 0.695. The number of imidazole rings is 1. The second-order valence-electron chi connectivity index (χ2n) is 5.30. The molecule has 3 heterocycles. The van der Waals surface area contributed by atoms with Crippen LogP contribution in [0.15, 0.2) is 36.4 Å². The molecule has 1 amide bonds. The number of nitrogens with one attached hydrogen (secondary N) is 3. The van der Waals surface area contributed by atoms with E-state index < -0.39 is 0 Å². The van der Waals surface area contributed by atoms with Crippen molar-refractivity contribution in [3.63, 3.8) is 0 Å². The summed E-state index contributed by atoms with van der Waals surface area (Å²) in [6, 6.07) is 11.9. The van der Waals surface area contributed by atoms with E-state index in [1.807, 2.05) is 36.4 Å². The van der Waals surface area contributed by atoms with E-state index in [0.717, 1.165) is 35.5 Å². The Labute approximate surface area is 127 Å². The summed E-state index contributed by atoms with van der Waals surface area (Å²) in [5.41, 5.74) is 4.05. The van der Waals surface area contributed by atoms with Crippen LogP contribution in [0, 0.1) is 0 Å². The Morgan fingerprint density at radius 3 is 2.86 bits per heavy atom. The number of aryl methyl sites for hydroxylation is 1. The maximum Gasteiger partial charge on any atom is 0.271 e. The molecule has 3 N–H and O–H groups in total. The van der Waals surface area contributed by atoms with E-state index >= 15 is 0 Å². The van der Waals surface area contributed by atoms with E-state index in [2.05, 4.69) is 25.5 Å². The molecule has 6 heteroatoms. The molecule has 0 aliphatic carbocycles. The lowest BCUT2D eigenvalue weighted by Gasteiger charge is -1.96. The summed E-state index contributed by atoms with van der Waals surface area (Å²) in [4.78, 5) is 19.6. The zero-order chi connectivity index (χ0) is 14.9. The topological polar surface area (TPSA) is 86.5 Å². The largest absolute Gasteiger partial charge is 0.351 e. The quantitative estimate of drug-likeness (QED) is 0.676. The summed E-state index contributed by atoms with van der Waals surface area (Å²) in [5, 5.41) is 10.2. The van der Waals surface area contributed by atoms with Gasteiger partial charge in [0.05, 0.1) is 5.69 Å². The van der Waals surface area contributed by atoms with Gasteiger partial charge in [-0.05, 0) is 18.9 Å². The first-order valence-electron chi connectivity index (χ1n) is 7.29. The first-order chi connectivity index (χ1) is 10.8. The molecule has 22 heavy (non-hydrogen) atoms. The predicted octanol–water partition coefficient (Wildman–Crippen LogP) is 2.14. The number of benzene rings is 1. The fourth-order valence-electron chi connectivity index (χ4n) is 2.66. The molecule has 1 aliphatic heterocycles. The molecule has 0 radical (unpaired) electrons. The van der Waals surface area contributed by atoms with Crippen LogP contribution in [0.2, 0.25) is 0 Å². The van der Waals surface area contributed by atoms with Crippen molar-refractivity contribution in [2.75, 3.05) is 6.54 Å². The third kappa shape index (κ3) is 2.18. The van der Waals surface area contributed by atoms with Gasteiger partial charge in [0.1, 0.15) is 11.4 Å². The van der Waals surface area contributed by atoms with Crippen LogP contribution in [0.5, 0.6) is 0 Å². The molecule has 3 aromatic rings. The van der Waals surface area contributed by atoms with Crippen LogP contribution in [-0.2, 0) is 6.42 Å². The number of H-pyrrole nitrogens is 2. The molecule has 1 aliphatic rings. The van der Waals surface area contributed by atoms with E-state index in [1.165, 1.54) is 0 Å². The van der Waals surface area contributed by atoms with Crippen LogP contribution < -0.4 is 5.32 Å². The van der Waals surface area contributed by atoms with Gasteiger partial charge in [0.2, 0.25) is 0 Å². The molecule has 1 aromatic carbocycles. The van der Waals surface area contributed by atoms with Crippen molar-refractivity contribution in [3.8, 4) is 22.8 Å². The lowest BCUT2D eigenvalue weighted by atomic mass is 10.1. The molecule has 0 bridgehead atoms. The van der Waals surface area contributed by atoms with Crippen LogP contribution in [0.4, 0.5) is 0 Å². The summed E-state index contributed by atoms with van der Waals surface area (Å²) in [7, 11) is 0. The number of amides is 1. The Morgan fingerprint density at radius 2 is 2.00 bits per heavy atom. The van der Waals surface area contributed by atoms with Gasteiger partial charge in [0.15, 0.2) is 5.82 Å². The number of aromatic nitrogens is 4. The number of rotatable bonds is 2. The highest BCUT2D eigenvalue weighted by Crippen LogP contribution is 2.23. The van der Waals surface area contributed by atoms with Crippen molar-refractivity contribution in [1.29, 1.82) is 0 Å². The number of carbonyl (C=O) groups excluding carboxylic acids is 1. The number of hydrogen-bond donors (Lipinski definition) is 3. The Balaban J connectivity index is 1.70. The first kappa shape index (κ1) is 12.8. The molecule has 0 atom stereocenters. The molecule has 0 saturated heterocycles. The zero-order valence-corrected chi connectivity index (χ0v) is 11.9. The predicted molar refractivity (Wildman–Crippen MR) is 82.3 cm³/mol. The van der Waals surface area contributed by atoms with Gasteiger partial charge in [-0.25, -0.2) is 4.98 Å². The number of carbonyl (C=O) groups is 1. The highest BCUT2D eigenvalue weighted by atomic mass is 16.1. The third-order valence-electron chi connectivity index (χ3n) is 3.79. The lowest BCUT2D eigenvalue weighted by Crippen LogP contribution is -2.23. The normalized spacial score (nSPS) is 14.3. The smallest absolute Gasteiger partial charge is 0.271 e. The van der Waals surface area contributed by atoms with Crippen LogP contribution in [-0.4, -0.2) is 32.6 Å². The molecule has 0 fully saturated rings. The Hall–Kier alpha value is -2.89. The van der Waals surface area contributed by atoms with Gasteiger partial charge < -0.3 is 10.3 Å². The van der Waals surface area contributed by atoms with Crippen molar-refractivity contribution in [2.45, 2.75) is 12.8 Å². The van der Waals surface area contributed by atoms with Gasteiger partial charge in [-0.1, -0.05) is 30.3 Å². The second-order valence-corrected chi connectivity index (χ2v) is 5.30. The van der Waals surface area contributed by atoms with E-state index in [9.17, 15) is 4.79 Å². The molecule has 0 unspecified atom stereocenters. The van der Waals surface area contributed by atoms with Gasteiger partial charge >= 0.3 is 0 Å². The number of hydrogen-bond acceptors (Lipinski definition) is 3. The molecule has 110 valence electrons. The fraction of sp³-hybridized carbons (Fsp3) is 0.188. The van der Waals surface area contributed by atoms with Crippen molar-refractivity contribution in [3.05, 3.63) is 47.8 Å². The summed E-state index contributed by atoms with van der Waals surface area (Å²) in [5.74, 6) is 0.537. The molecular weight excluding hydrogens is 278 g/mol. The van der Waals surface area contributed by atoms with Crippen molar-refractivity contribution in [1.82, 2.24) is 25.5 Å². The third-order valence-corrected chi connectivity index (χ3v) is 3.79. The molecule has 6 nitrogen and oxygen atoms in total. The molecule has 2 aromatic heterocycles. The average molecular weight is 293 g/mol. The number of fused-ring (bicyclic) bond motifs is 1. The summed E-state index contributed by atoms with van der Waals surface area (Å²) >= 11 is 0. The maximum absolute atomic E-state index is 12.0. The Morgan fingerprint density at radius 1 is 1.14 bits per heavy atom. The van der Waals surface area contributed by atoms with E-state index in [1.54, 1.807) is 0 Å². The van der Waals surface area contributed by atoms with Crippen LogP contribution in [0.3, 0.4) is 0 Å². The summed E-state index contributed by atoms with van der Waals surface area (Å²) < 4.78 is 0. The van der Waals surface area contributed by atoms with Gasteiger partial charge in [-0.3, -0.25) is 9.89 Å². The van der Waals surface area contributed by atoms with Gasteiger partial charge in [0.25, 0.3) is 5.91 Å². The first-order valence-corrected chi connectivity index (χ1v) is 7.29. The summed E-state index contributed by atoms with van der Waals surface area (Å²) in [6.07, 6.45) is 1.74. The van der Waals surface area contributed by atoms with Crippen LogP contribution >= 0.6 is 0 Å². The average Bonchev–Trinajstić information content (AvgIpc) is 3.16. The fourth-order valence-corrected chi connectivity index (χ4v) is 2.66. The van der Waals surface area contributed by atoms with Crippen molar-refractivity contribution < 1.29 is 4.79 Å². The van der Waals surface area contributed by atoms with E-state index in [4.69, 9.17) is 0 Å². The zero-order valence-electron chi connectivity index (χ0n) is 11.9. The molecular formula is C16H15N5O. The van der Waals surface area contributed by atoms with E-state index in [-0.39, 0.29) is 5.91 Å². The standard InChI is InChI=1S/C16H15N5O/c22-16-14-11(7-4-8-17-16)18-15(19-14)13-9-12(20-21-13)10-5-2-1-3-6-10/h1-3,5-6,9H,4,7-8H2,(H,17,22)(H,18,19)(H,20,21). The SMILES string of the molecule is O=C1NCCCc2[nH]c(-c3cc(-c4ccccc4)n[nH]3)nc21. The second kappa shape index (κ2) is 5.14. The van der Waals surface area contributed by atoms with Crippen LogP contribution in [0.25, 0.3) is 22.8 Å². The van der Waals surface area contributed by atoms with E-state index in [0.29, 0.717) is 18.1 Å². The van der Waals surface area contributed by atoms with Crippen molar-refractivity contribution >= 4 is 5.91 Å². The molecule has 4 rings (SSSR count). The minimum Gasteiger partial charge on any atom is -0.351 e. The maximum atomic E-state index is 12.0. The Bertz CT molecular complexity index is 818. The minimum atomic E-state index is -0.113. The number of aromatic amines is 2. The molecule has 0 spiro atoms. The monoisotopic (exact) mass is 293 g/mol. The lowest BCUT2D eigenvalue weighted by molar-refractivity contribution is 0.0951. The van der Waals surface area contributed by atoms with Gasteiger partial charge in [-0.2, -0.15) is 5.10 Å². The highest BCUT2D eigenvalue weighted by molar-refractivity contribution is 5.94. The Kier molecular flexibility index (Phi) is 3.00. The van der Waals surface area contributed by atoms with Crippen molar-refractivity contribution in [2.24, 2.45) is 0 Å². The minimum absolute atomic E-state index is 0.113.